The van der Waals surface area contributed by atoms with Crippen molar-refractivity contribution < 1.29 is 14.4 Å². The highest BCUT2D eigenvalue weighted by Crippen LogP contribution is 2.46. The molecule has 1 N–H and O–H groups in total. The van der Waals surface area contributed by atoms with E-state index >= 15 is 0 Å². The SMILES string of the molecule is Cc1noc2c1-c1sc(C)c(C)c1C(c1ccc(Cl)cc1)=NC2CC(=O)O. The molecule has 1 aromatic carbocycles. The van der Waals surface area contributed by atoms with E-state index in [2.05, 4.69) is 19.0 Å². The first-order valence-corrected chi connectivity index (χ1v) is 9.68. The van der Waals surface area contributed by atoms with Gasteiger partial charge in [-0.3, -0.25) is 9.79 Å². The first-order chi connectivity index (χ1) is 12.9. The summed E-state index contributed by atoms with van der Waals surface area (Å²) in [5, 5.41) is 14.1. The molecule has 0 aliphatic carbocycles. The summed E-state index contributed by atoms with van der Waals surface area (Å²) in [5.74, 6) is -0.418. The van der Waals surface area contributed by atoms with Gasteiger partial charge in [-0.2, -0.15) is 0 Å². The predicted octanol–water partition coefficient (Wildman–Crippen LogP) is 5.35. The number of aromatic nitrogens is 1. The fourth-order valence-corrected chi connectivity index (χ4v) is 4.78. The van der Waals surface area contributed by atoms with Gasteiger partial charge in [0.05, 0.1) is 23.4 Å². The molecule has 1 aliphatic rings. The van der Waals surface area contributed by atoms with Gasteiger partial charge in [0.25, 0.3) is 0 Å². The Balaban J connectivity index is 2.04. The number of hydrogen-bond acceptors (Lipinski definition) is 5. The van der Waals surface area contributed by atoms with Gasteiger partial charge in [0.1, 0.15) is 6.04 Å². The normalized spacial score (nSPS) is 15.7. The largest absolute Gasteiger partial charge is 0.481 e. The zero-order chi connectivity index (χ0) is 19.3. The maximum atomic E-state index is 11.5. The highest BCUT2D eigenvalue weighted by Gasteiger charge is 2.34. The lowest BCUT2D eigenvalue weighted by atomic mass is 9.96. The van der Waals surface area contributed by atoms with Gasteiger partial charge >= 0.3 is 5.97 Å². The van der Waals surface area contributed by atoms with Crippen molar-refractivity contribution in [2.75, 3.05) is 0 Å². The Kier molecular flexibility index (Phi) is 4.40. The Hall–Kier alpha value is -2.44. The minimum Gasteiger partial charge on any atom is -0.481 e. The molecular formula is C20H17ClN2O3S. The molecule has 0 saturated carbocycles. The standard InChI is InChI=1S/C20H17ClN2O3S/c1-9-11(3)27-20-16(9)18(12-4-6-13(21)7-5-12)22-14(8-15(24)25)19-17(20)10(2)23-26-19/h4-7,14H,8H2,1-3H3,(H,24,25). The van der Waals surface area contributed by atoms with Crippen LogP contribution in [-0.4, -0.2) is 21.9 Å². The molecule has 1 aliphatic heterocycles. The number of fused-ring (bicyclic) bond motifs is 3. The van der Waals surface area contributed by atoms with Crippen LogP contribution in [0.1, 0.15) is 45.5 Å². The summed E-state index contributed by atoms with van der Waals surface area (Å²) in [7, 11) is 0. The Morgan fingerprint density at radius 1 is 1.22 bits per heavy atom. The van der Waals surface area contributed by atoms with Crippen LogP contribution in [0.15, 0.2) is 33.8 Å². The number of aliphatic carboxylic acids is 1. The molecule has 2 aromatic heterocycles. The molecule has 0 fully saturated rings. The number of rotatable bonds is 3. The molecule has 3 aromatic rings. The number of halogens is 1. The Morgan fingerprint density at radius 2 is 1.93 bits per heavy atom. The third-order valence-corrected chi connectivity index (χ3v) is 6.29. The molecule has 1 atom stereocenters. The molecule has 7 heteroatoms. The Morgan fingerprint density at radius 3 is 2.59 bits per heavy atom. The highest BCUT2D eigenvalue weighted by atomic mass is 35.5. The van der Waals surface area contributed by atoms with Crippen molar-refractivity contribution in [2.45, 2.75) is 33.2 Å². The van der Waals surface area contributed by atoms with Gasteiger partial charge < -0.3 is 9.63 Å². The highest BCUT2D eigenvalue weighted by molar-refractivity contribution is 7.16. The van der Waals surface area contributed by atoms with E-state index in [4.69, 9.17) is 21.1 Å². The Bertz CT molecular complexity index is 1080. The van der Waals surface area contributed by atoms with E-state index < -0.39 is 12.0 Å². The topological polar surface area (TPSA) is 75.7 Å². The summed E-state index contributed by atoms with van der Waals surface area (Å²) < 4.78 is 5.55. The molecule has 1 unspecified atom stereocenters. The van der Waals surface area contributed by atoms with Crippen LogP contribution < -0.4 is 0 Å². The van der Waals surface area contributed by atoms with Gasteiger partial charge in [0.2, 0.25) is 0 Å². The minimum absolute atomic E-state index is 0.161. The summed E-state index contributed by atoms with van der Waals surface area (Å²) in [4.78, 5) is 18.5. The number of nitrogens with zero attached hydrogens (tertiary/aromatic N) is 2. The number of benzene rings is 1. The lowest BCUT2D eigenvalue weighted by molar-refractivity contribution is -0.137. The van der Waals surface area contributed by atoms with E-state index in [0.29, 0.717) is 10.8 Å². The lowest BCUT2D eigenvalue weighted by Crippen LogP contribution is -2.09. The minimum atomic E-state index is -0.933. The van der Waals surface area contributed by atoms with Gasteiger partial charge in [0.15, 0.2) is 5.76 Å². The van der Waals surface area contributed by atoms with E-state index in [-0.39, 0.29) is 6.42 Å². The number of thiophene rings is 1. The van der Waals surface area contributed by atoms with Crippen LogP contribution in [0.5, 0.6) is 0 Å². The smallest absolute Gasteiger partial charge is 0.306 e. The number of hydrogen-bond donors (Lipinski definition) is 1. The van der Waals surface area contributed by atoms with Gasteiger partial charge in [-0.05, 0) is 38.5 Å². The van der Waals surface area contributed by atoms with Crippen molar-refractivity contribution in [2.24, 2.45) is 4.99 Å². The number of carbonyl (C=O) groups is 1. The molecule has 138 valence electrons. The quantitative estimate of drug-likeness (QED) is 0.643. The predicted molar refractivity (Wildman–Crippen MR) is 106 cm³/mol. The molecule has 0 bridgehead atoms. The zero-order valence-electron chi connectivity index (χ0n) is 15.0. The maximum Gasteiger partial charge on any atom is 0.306 e. The van der Waals surface area contributed by atoms with E-state index in [1.807, 2.05) is 31.2 Å². The third kappa shape index (κ3) is 2.99. The van der Waals surface area contributed by atoms with Crippen molar-refractivity contribution in [1.29, 1.82) is 0 Å². The summed E-state index contributed by atoms with van der Waals surface area (Å²) in [6, 6.07) is 6.81. The molecule has 0 saturated heterocycles. The van der Waals surface area contributed by atoms with E-state index in [1.54, 1.807) is 11.3 Å². The van der Waals surface area contributed by atoms with Crippen molar-refractivity contribution in [3.63, 3.8) is 0 Å². The molecule has 4 rings (SSSR count). The van der Waals surface area contributed by atoms with Crippen LogP contribution in [0.4, 0.5) is 0 Å². The molecule has 5 nitrogen and oxygen atoms in total. The maximum absolute atomic E-state index is 11.5. The van der Waals surface area contributed by atoms with E-state index in [1.165, 1.54) is 4.88 Å². The van der Waals surface area contributed by atoms with Crippen LogP contribution in [0, 0.1) is 20.8 Å². The second-order valence-electron chi connectivity index (χ2n) is 6.59. The first-order valence-electron chi connectivity index (χ1n) is 8.49. The van der Waals surface area contributed by atoms with Crippen LogP contribution in [0.25, 0.3) is 10.4 Å². The van der Waals surface area contributed by atoms with Crippen molar-refractivity contribution >= 4 is 34.6 Å². The zero-order valence-corrected chi connectivity index (χ0v) is 16.6. The molecule has 27 heavy (non-hydrogen) atoms. The van der Waals surface area contributed by atoms with Crippen LogP contribution >= 0.6 is 22.9 Å². The second kappa shape index (κ2) is 6.62. The molecule has 0 spiro atoms. The van der Waals surface area contributed by atoms with Gasteiger partial charge in [-0.1, -0.05) is 28.9 Å². The second-order valence-corrected chi connectivity index (χ2v) is 8.25. The van der Waals surface area contributed by atoms with Crippen molar-refractivity contribution in [1.82, 2.24) is 5.16 Å². The van der Waals surface area contributed by atoms with Crippen LogP contribution in [0.2, 0.25) is 5.02 Å². The van der Waals surface area contributed by atoms with Crippen molar-refractivity contribution in [3.8, 4) is 10.4 Å². The monoisotopic (exact) mass is 400 g/mol. The lowest BCUT2D eigenvalue weighted by Gasteiger charge is -2.11. The molecule has 0 radical (unpaired) electrons. The number of carboxylic acids is 1. The fourth-order valence-electron chi connectivity index (χ4n) is 3.39. The molecule has 3 heterocycles. The molecular weight excluding hydrogens is 384 g/mol. The van der Waals surface area contributed by atoms with Crippen LogP contribution in [-0.2, 0) is 4.79 Å². The fraction of sp³-hybridized carbons (Fsp3) is 0.250. The summed E-state index contributed by atoms with van der Waals surface area (Å²) >= 11 is 7.71. The summed E-state index contributed by atoms with van der Waals surface area (Å²) in [6.07, 6.45) is -0.161. The van der Waals surface area contributed by atoms with Crippen molar-refractivity contribution in [3.05, 3.63) is 62.3 Å². The van der Waals surface area contributed by atoms with Gasteiger partial charge in [0, 0.05) is 25.9 Å². The van der Waals surface area contributed by atoms with E-state index in [0.717, 1.165) is 38.5 Å². The summed E-state index contributed by atoms with van der Waals surface area (Å²) in [5.41, 5.74) is 5.42. The number of aryl methyl sites for hydroxylation is 2. The molecule has 0 amide bonds. The first kappa shape index (κ1) is 17.9. The average Bonchev–Trinajstić information content (AvgIpc) is 3.08. The number of aliphatic imine (C=N–C) groups is 1. The number of carboxylic acid groups (broad SMARTS) is 1. The third-order valence-electron chi connectivity index (χ3n) is 4.81. The van der Waals surface area contributed by atoms with Gasteiger partial charge in [-0.25, -0.2) is 0 Å². The van der Waals surface area contributed by atoms with Gasteiger partial charge in [-0.15, -0.1) is 11.3 Å². The van der Waals surface area contributed by atoms with Crippen LogP contribution in [0.3, 0.4) is 0 Å². The average molecular weight is 401 g/mol. The Labute approximate surface area is 165 Å². The van der Waals surface area contributed by atoms with E-state index in [9.17, 15) is 9.90 Å². The summed E-state index contributed by atoms with van der Waals surface area (Å²) in [6.45, 7) is 6.02.